The average molecular weight is 244 g/mol. The Balaban J connectivity index is 3.04. The molecule has 1 rings (SSSR count). The van der Waals surface area contributed by atoms with Crippen molar-refractivity contribution in [3.63, 3.8) is 0 Å². The summed E-state index contributed by atoms with van der Waals surface area (Å²) in [6.45, 7) is 0. The minimum Gasteiger partial charge on any atom is -0.497 e. The van der Waals surface area contributed by atoms with Crippen LogP contribution in [0.3, 0.4) is 0 Å². The van der Waals surface area contributed by atoms with E-state index in [0.717, 1.165) is 0 Å². The molecule has 0 spiro atoms. The zero-order chi connectivity index (χ0) is 13.5. The number of carboxylic acid groups (broad SMARTS) is 1. The summed E-state index contributed by atoms with van der Waals surface area (Å²) in [5.74, 6) is 1.74. The molecule has 5 nitrogen and oxygen atoms in total. The highest BCUT2D eigenvalue weighted by atomic mass is 16.5. The second-order valence-corrected chi connectivity index (χ2v) is 3.47. The number of ether oxygens (including phenoxy) is 1. The summed E-state index contributed by atoms with van der Waals surface area (Å²) in [4.78, 5) is 11.0. The SMILES string of the molecule is C#CCC(Nc1cc(OC)ccc1C#N)C(=O)O. The average Bonchev–Trinajstić information content (AvgIpc) is 2.37. The van der Waals surface area contributed by atoms with Gasteiger partial charge >= 0.3 is 5.97 Å². The van der Waals surface area contributed by atoms with Gasteiger partial charge in [0, 0.05) is 12.5 Å². The van der Waals surface area contributed by atoms with Crippen LogP contribution in [-0.4, -0.2) is 24.2 Å². The monoisotopic (exact) mass is 244 g/mol. The summed E-state index contributed by atoms with van der Waals surface area (Å²) in [5.41, 5.74) is 0.721. The molecule has 18 heavy (non-hydrogen) atoms. The number of methoxy groups -OCH3 is 1. The molecule has 1 atom stereocenters. The van der Waals surface area contributed by atoms with Gasteiger partial charge in [-0.2, -0.15) is 5.26 Å². The maximum atomic E-state index is 11.0. The summed E-state index contributed by atoms with van der Waals surface area (Å²) in [6, 6.07) is 5.77. The molecule has 0 aliphatic rings. The molecule has 1 unspecified atom stereocenters. The number of terminal acetylenes is 1. The first-order valence-electron chi connectivity index (χ1n) is 5.13. The molecule has 5 heteroatoms. The van der Waals surface area contributed by atoms with Crippen LogP contribution >= 0.6 is 0 Å². The van der Waals surface area contributed by atoms with Gasteiger partial charge in [-0.1, -0.05) is 0 Å². The van der Waals surface area contributed by atoms with E-state index in [1.165, 1.54) is 7.11 Å². The fourth-order valence-electron chi connectivity index (χ4n) is 1.37. The van der Waals surface area contributed by atoms with Crippen molar-refractivity contribution in [3.8, 4) is 24.2 Å². The van der Waals surface area contributed by atoms with Gasteiger partial charge in [0.05, 0.1) is 18.4 Å². The van der Waals surface area contributed by atoms with E-state index in [4.69, 9.17) is 21.5 Å². The van der Waals surface area contributed by atoms with Crippen LogP contribution in [0.5, 0.6) is 5.75 Å². The normalized spacial score (nSPS) is 10.8. The smallest absolute Gasteiger partial charge is 0.327 e. The minimum absolute atomic E-state index is 0.0252. The molecule has 1 aromatic rings. The fourth-order valence-corrected chi connectivity index (χ4v) is 1.37. The van der Waals surface area contributed by atoms with Crippen molar-refractivity contribution in [3.05, 3.63) is 23.8 Å². The third-order valence-electron chi connectivity index (χ3n) is 2.30. The van der Waals surface area contributed by atoms with E-state index in [2.05, 4.69) is 11.2 Å². The lowest BCUT2D eigenvalue weighted by molar-refractivity contribution is -0.137. The van der Waals surface area contributed by atoms with Crippen molar-refractivity contribution < 1.29 is 14.6 Å². The molecule has 0 bridgehead atoms. The Morgan fingerprint density at radius 1 is 1.67 bits per heavy atom. The van der Waals surface area contributed by atoms with Gasteiger partial charge in [0.1, 0.15) is 17.9 Å². The van der Waals surface area contributed by atoms with Gasteiger partial charge < -0.3 is 15.2 Å². The minimum atomic E-state index is -1.07. The molecule has 1 aromatic carbocycles. The standard InChI is InChI=1S/C13H12N2O3/c1-3-4-11(13(16)17)15-12-7-10(18-2)6-5-9(12)8-14/h1,5-7,11,15H,4H2,2H3,(H,16,17). The molecule has 2 N–H and O–H groups in total. The molecular weight excluding hydrogens is 232 g/mol. The van der Waals surface area contributed by atoms with Gasteiger partial charge in [0.2, 0.25) is 0 Å². The van der Waals surface area contributed by atoms with E-state index in [0.29, 0.717) is 17.0 Å². The Morgan fingerprint density at radius 3 is 2.89 bits per heavy atom. The van der Waals surface area contributed by atoms with Gasteiger partial charge in [-0.15, -0.1) is 12.3 Å². The van der Waals surface area contributed by atoms with Crippen LogP contribution in [0.2, 0.25) is 0 Å². The summed E-state index contributed by atoms with van der Waals surface area (Å²) < 4.78 is 5.02. The lowest BCUT2D eigenvalue weighted by Gasteiger charge is -2.15. The summed E-state index contributed by atoms with van der Waals surface area (Å²) in [5, 5.41) is 20.7. The van der Waals surface area contributed by atoms with Gasteiger partial charge in [0.15, 0.2) is 0 Å². The van der Waals surface area contributed by atoms with Crippen molar-refractivity contribution in [2.45, 2.75) is 12.5 Å². The highest BCUT2D eigenvalue weighted by Crippen LogP contribution is 2.23. The molecule has 0 saturated carbocycles. The number of aliphatic carboxylic acids is 1. The van der Waals surface area contributed by atoms with E-state index < -0.39 is 12.0 Å². The van der Waals surface area contributed by atoms with Crippen LogP contribution in [0.15, 0.2) is 18.2 Å². The highest BCUT2D eigenvalue weighted by molar-refractivity contribution is 5.79. The molecule has 92 valence electrons. The van der Waals surface area contributed by atoms with Gasteiger partial charge in [0.25, 0.3) is 0 Å². The Hall–Kier alpha value is -2.66. The van der Waals surface area contributed by atoms with Gasteiger partial charge in [-0.25, -0.2) is 4.79 Å². The lowest BCUT2D eigenvalue weighted by atomic mass is 10.1. The number of nitrogens with zero attached hydrogens (tertiary/aromatic N) is 1. The predicted molar refractivity (Wildman–Crippen MR) is 66.2 cm³/mol. The third kappa shape index (κ3) is 3.16. The summed E-state index contributed by atoms with van der Waals surface area (Å²) in [6.07, 6.45) is 5.13. The molecule has 0 aliphatic carbocycles. The molecular formula is C13H12N2O3. The molecule has 0 fully saturated rings. The van der Waals surface area contributed by atoms with Crippen molar-refractivity contribution in [1.29, 1.82) is 5.26 Å². The Kier molecular flexibility index (Phi) is 4.59. The summed E-state index contributed by atoms with van der Waals surface area (Å²) in [7, 11) is 1.49. The second kappa shape index (κ2) is 6.17. The lowest BCUT2D eigenvalue weighted by Crippen LogP contribution is -2.29. The van der Waals surface area contributed by atoms with E-state index in [1.54, 1.807) is 18.2 Å². The number of nitrogens with one attached hydrogen (secondary N) is 1. The van der Waals surface area contributed by atoms with E-state index in [-0.39, 0.29) is 6.42 Å². The predicted octanol–water partition coefficient (Wildman–Crippen LogP) is 1.46. The summed E-state index contributed by atoms with van der Waals surface area (Å²) >= 11 is 0. The second-order valence-electron chi connectivity index (χ2n) is 3.47. The number of benzene rings is 1. The first-order chi connectivity index (χ1) is 8.62. The number of hydrogen-bond donors (Lipinski definition) is 2. The molecule has 0 radical (unpaired) electrons. The van der Waals surface area contributed by atoms with Crippen LogP contribution < -0.4 is 10.1 Å². The first kappa shape index (κ1) is 13.4. The fraction of sp³-hybridized carbons (Fsp3) is 0.231. The first-order valence-corrected chi connectivity index (χ1v) is 5.13. The topological polar surface area (TPSA) is 82.3 Å². The number of carboxylic acids is 1. The third-order valence-corrected chi connectivity index (χ3v) is 2.30. The number of anilines is 1. The largest absolute Gasteiger partial charge is 0.497 e. The molecule has 0 aliphatic heterocycles. The highest BCUT2D eigenvalue weighted by Gasteiger charge is 2.17. The number of carbonyl (C=O) groups is 1. The van der Waals surface area contributed by atoms with Crippen LogP contribution in [0.1, 0.15) is 12.0 Å². The Labute approximate surface area is 105 Å². The molecule has 0 saturated heterocycles. The molecule has 0 heterocycles. The zero-order valence-corrected chi connectivity index (χ0v) is 9.80. The van der Waals surface area contributed by atoms with Crippen molar-refractivity contribution in [2.24, 2.45) is 0 Å². The zero-order valence-electron chi connectivity index (χ0n) is 9.80. The van der Waals surface area contributed by atoms with Crippen LogP contribution in [-0.2, 0) is 4.79 Å². The maximum absolute atomic E-state index is 11.0. The van der Waals surface area contributed by atoms with E-state index >= 15 is 0 Å². The molecule has 0 amide bonds. The van der Waals surface area contributed by atoms with E-state index in [1.807, 2.05) is 6.07 Å². The van der Waals surface area contributed by atoms with Gasteiger partial charge in [-0.3, -0.25) is 0 Å². The maximum Gasteiger partial charge on any atom is 0.327 e. The van der Waals surface area contributed by atoms with Gasteiger partial charge in [-0.05, 0) is 12.1 Å². The number of rotatable bonds is 5. The molecule has 0 aromatic heterocycles. The van der Waals surface area contributed by atoms with Crippen LogP contribution in [0, 0.1) is 23.7 Å². The van der Waals surface area contributed by atoms with Crippen molar-refractivity contribution in [1.82, 2.24) is 0 Å². The van der Waals surface area contributed by atoms with Crippen molar-refractivity contribution >= 4 is 11.7 Å². The number of hydrogen-bond acceptors (Lipinski definition) is 4. The van der Waals surface area contributed by atoms with Crippen molar-refractivity contribution in [2.75, 3.05) is 12.4 Å². The van der Waals surface area contributed by atoms with E-state index in [9.17, 15) is 4.79 Å². The Bertz CT molecular complexity index is 526. The Morgan fingerprint density at radius 2 is 2.39 bits per heavy atom. The number of nitriles is 1. The quantitative estimate of drug-likeness (QED) is 0.766. The van der Waals surface area contributed by atoms with Crippen LogP contribution in [0.25, 0.3) is 0 Å². The van der Waals surface area contributed by atoms with Crippen LogP contribution in [0.4, 0.5) is 5.69 Å².